The van der Waals surface area contributed by atoms with E-state index in [0.29, 0.717) is 0 Å². The van der Waals surface area contributed by atoms with Gasteiger partial charge in [-0.1, -0.05) is 24.3 Å². The molecule has 0 radical (unpaired) electrons. The van der Waals surface area contributed by atoms with Crippen LogP contribution in [0.2, 0.25) is 0 Å². The van der Waals surface area contributed by atoms with E-state index in [9.17, 15) is 0 Å². The first kappa shape index (κ1) is 14.6. The Kier molecular flexibility index (Phi) is 4.46. The zero-order valence-electron chi connectivity index (χ0n) is 12.7. The summed E-state index contributed by atoms with van der Waals surface area (Å²) in [6, 6.07) is 12.6. The highest BCUT2D eigenvalue weighted by atomic mass is 16.5. The Morgan fingerprint density at radius 1 is 1.05 bits per heavy atom. The molecule has 0 aliphatic rings. The average Bonchev–Trinajstić information content (AvgIpc) is 2.33. The maximum Gasteiger partial charge on any atom is 0.133 e. The van der Waals surface area contributed by atoms with Gasteiger partial charge in [-0.25, -0.2) is 0 Å². The number of nitrogens with two attached hydrogens (primary N) is 1. The standard InChI is InChI=1S/C18H23NO/c1-12-6-5-7-17(8-12)20-18-13(2)9-16(10-14(18)3)11-15(4)19/h5-10,15H,11,19H2,1-4H3. The first-order valence-electron chi connectivity index (χ1n) is 7.06. The lowest BCUT2D eigenvalue weighted by Gasteiger charge is -2.15. The first-order chi connectivity index (χ1) is 9.45. The van der Waals surface area contributed by atoms with Crippen LogP contribution >= 0.6 is 0 Å². The van der Waals surface area contributed by atoms with Crippen molar-refractivity contribution in [1.82, 2.24) is 0 Å². The third-order valence-electron chi connectivity index (χ3n) is 3.29. The van der Waals surface area contributed by atoms with Crippen molar-refractivity contribution in [2.75, 3.05) is 0 Å². The van der Waals surface area contributed by atoms with Crippen LogP contribution in [0.3, 0.4) is 0 Å². The zero-order valence-corrected chi connectivity index (χ0v) is 12.7. The van der Waals surface area contributed by atoms with Crippen molar-refractivity contribution in [2.45, 2.75) is 40.2 Å². The normalized spacial score (nSPS) is 12.2. The Bertz CT molecular complexity index is 579. The third kappa shape index (κ3) is 3.61. The quantitative estimate of drug-likeness (QED) is 0.898. The van der Waals surface area contributed by atoms with Gasteiger partial charge in [-0.05, 0) is 68.5 Å². The van der Waals surface area contributed by atoms with Crippen LogP contribution in [0.4, 0.5) is 0 Å². The van der Waals surface area contributed by atoms with E-state index in [2.05, 4.69) is 45.0 Å². The smallest absolute Gasteiger partial charge is 0.133 e. The van der Waals surface area contributed by atoms with Gasteiger partial charge in [-0.15, -0.1) is 0 Å². The van der Waals surface area contributed by atoms with Crippen LogP contribution in [0.1, 0.15) is 29.2 Å². The van der Waals surface area contributed by atoms with Crippen molar-refractivity contribution in [3.63, 3.8) is 0 Å². The highest BCUT2D eigenvalue weighted by Gasteiger charge is 2.09. The minimum Gasteiger partial charge on any atom is -0.457 e. The number of rotatable bonds is 4. The van der Waals surface area contributed by atoms with Crippen LogP contribution in [0.5, 0.6) is 11.5 Å². The molecular formula is C18H23NO. The summed E-state index contributed by atoms with van der Waals surface area (Å²) in [5.41, 5.74) is 10.7. The Morgan fingerprint density at radius 3 is 2.25 bits per heavy atom. The van der Waals surface area contributed by atoms with Crippen LogP contribution in [0, 0.1) is 20.8 Å². The number of aryl methyl sites for hydroxylation is 3. The second kappa shape index (κ2) is 6.10. The second-order valence-corrected chi connectivity index (χ2v) is 5.66. The molecule has 2 N–H and O–H groups in total. The van der Waals surface area contributed by atoms with Crippen molar-refractivity contribution in [2.24, 2.45) is 5.73 Å². The van der Waals surface area contributed by atoms with Gasteiger partial charge in [0.2, 0.25) is 0 Å². The fraction of sp³-hybridized carbons (Fsp3) is 0.333. The van der Waals surface area contributed by atoms with Crippen molar-refractivity contribution < 1.29 is 4.74 Å². The molecule has 1 unspecified atom stereocenters. The first-order valence-corrected chi connectivity index (χ1v) is 7.06. The predicted molar refractivity (Wildman–Crippen MR) is 84.5 cm³/mol. The van der Waals surface area contributed by atoms with Gasteiger partial charge in [0, 0.05) is 6.04 Å². The van der Waals surface area contributed by atoms with E-state index < -0.39 is 0 Å². The molecule has 0 heterocycles. The molecule has 0 aliphatic carbocycles. The monoisotopic (exact) mass is 269 g/mol. The van der Waals surface area contributed by atoms with E-state index in [1.807, 2.05) is 19.1 Å². The molecule has 0 saturated carbocycles. The lowest BCUT2D eigenvalue weighted by molar-refractivity contribution is 0.474. The summed E-state index contributed by atoms with van der Waals surface area (Å²) >= 11 is 0. The highest BCUT2D eigenvalue weighted by molar-refractivity contribution is 5.46. The summed E-state index contributed by atoms with van der Waals surface area (Å²) in [7, 11) is 0. The molecule has 2 heteroatoms. The van der Waals surface area contributed by atoms with E-state index in [-0.39, 0.29) is 6.04 Å². The maximum absolute atomic E-state index is 6.05. The number of hydrogen-bond donors (Lipinski definition) is 1. The highest BCUT2D eigenvalue weighted by Crippen LogP contribution is 2.30. The van der Waals surface area contributed by atoms with Crippen LogP contribution in [-0.4, -0.2) is 6.04 Å². The minimum absolute atomic E-state index is 0.178. The molecule has 0 bridgehead atoms. The Morgan fingerprint density at radius 2 is 1.70 bits per heavy atom. The largest absolute Gasteiger partial charge is 0.457 e. The predicted octanol–water partition coefficient (Wildman–Crippen LogP) is 4.29. The molecule has 0 saturated heterocycles. The summed E-state index contributed by atoms with van der Waals surface area (Å²) in [5.74, 6) is 1.83. The lowest BCUT2D eigenvalue weighted by atomic mass is 10.0. The van der Waals surface area contributed by atoms with Gasteiger partial charge < -0.3 is 10.5 Å². The van der Waals surface area contributed by atoms with Gasteiger partial charge in [0.25, 0.3) is 0 Å². The fourth-order valence-corrected chi connectivity index (χ4v) is 2.49. The summed E-state index contributed by atoms with van der Waals surface area (Å²) in [6.07, 6.45) is 0.895. The number of ether oxygens (including phenoxy) is 1. The van der Waals surface area contributed by atoms with Gasteiger partial charge in [-0.2, -0.15) is 0 Å². The fourth-order valence-electron chi connectivity index (χ4n) is 2.49. The van der Waals surface area contributed by atoms with E-state index in [1.54, 1.807) is 0 Å². The van der Waals surface area contributed by atoms with Gasteiger partial charge in [0.15, 0.2) is 0 Å². The van der Waals surface area contributed by atoms with Crippen molar-refractivity contribution in [3.05, 3.63) is 58.7 Å². The van der Waals surface area contributed by atoms with Crippen LogP contribution in [0.25, 0.3) is 0 Å². The molecule has 2 aromatic carbocycles. The number of benzene rings is 2. The Balaban J connectivity index is 2.28. The summed E-state index contributed by atoms with van der Waals surface area (Å²) < 4.78 is 6.05. The van der Waals surface area contributed by atoms with Crippen LogP contribution in [-0.2, 0) is 6.42 Å². The SMILES string of the molecule is Cc1cccc(Oc2c(C)cc(CC(C)N)cc2C)c1. The topological polar surface area (TPSA) is 35.2 Å². The third-order valence-corrected chi connectivity index (χ3v) is 3.29. The van der Waals surface area contributed by atoms with Crippen LogP contribution in [0.15, 0.2) is 36.4 Å². The van der Waals surface area contributed by atoms with Gasteiger partial charge in [-0.3, -0.25) is 0 Å². The second-order valence-electron chi connectivity index (χ2n) is 5.66. The van der Waals surface area contributed by atoms with Gasteiger partial charge >= 0.3 is 0 Å². The molecule has 0 aromatic heterocycles. The molecule has 0 fully saturated rings. The molecule has 1 atom stereocenters. The van der Waals surface area contributed by atoms with Crippen molar-refractivity contribution in [3.8, 4) is 11.5 Å². The maximum atomic E-state index is 6.05. The molecule has 2 aromatic rings. The molecule has 2 nitrogen and oxygen atoms in total. The van der Waals surface area contributed by atoms with Crippen molar-refractivity contribution in [1.29, 1.82) is 0 Å². The molecular weight excluding hydrogens is 246 g/mol. The minimum atomic E-state index is 0.178. The molecule has 0 spiro atoms. The molecule has 2 rings (SSSR count). The van der Waals surface area contributed by atoms with E-state index >= 15 is 0 Å². The van der Waals surface area contributed by atoms with Crippen molar-refractivity contribution >= 4 is 0 Å². The zero-order chi connectivity index (χ0) is 14.7. The Hall–Kier alpha value is -1.80. The van der Waals surface area contributed by atoms with E-state index in [4.69, 9.17) is 10.5 Å². The van der Waals surface area contributed by atoms with Crippen LogP contribution < -0.4 is 10.5 Å². The molecule has 0 amide bonds. The average molecular weight is 269 g/mol. The van der Waals surface area contributed by atoms with Gasteiger partial charge in [0.05, 0.1) is 0 Å². The van der Waals surface area contributed by atoms with E-state index in [1.165, 1.54) is 11.1 Å². The summed E-state index contributed by atoms with van der Waals surface area (Å²) in [6.45, 7) is 8.27. The molecule has 106 valence electrons. The lowest BCUT2D eigenvalue weighted by Crippen LogP contribution is -2.17. The molecule has 0 aliphatic heterocycles. The Labute approximate surface area is 121 Å². The molecule has 20 heavy (non-hydrogen) atoms. The number of hydrogen-bond acceptors (Lipinski definition) is 2. The summed E-state index contributed by atoms with van der Waals surface area (Å²) in [5, 5.41) is 0. The van der Waals surface area contributed by atoms with E-state index in [0.717, 1.165) is 29.0 Å². The summed E-state index contributed by atoms with van der Waals surface area (Å²) in [4.78, 5) is 0. The van der Waals surface area contributed by atoms with Gasteiger partial charge in [0.1, 0.15) is 11.5 Å².